The molecule has 1 aromatic carbocycles. The number of fused-ring (bicyclic) bond motifs is 2. The highest BCUT2D eigenvalue weighted by molar-refractivity contribution is 7.89. The van der Waals surface area contributed by atoms with Gasteiger partial charge in [0, 0.05) is 12.1 Å². The van der Waals surface area contributed by atoms with Crippen molar-refractivity contribution in [1.29, 1.82) is 0 Å². The highest BCUT2D eigenvalue weighted by Gasteiger charge is 2.58. The maximum atomic E-state index is 13.8. The molecule has 4 heterocycles. The van der Waals surface area contributed by atoms with E-state index in [4.69, 9.17) is 14.2 Å². The van der Waals surface area contributed by atoms with Gasteiger partial charge in [0.1, 0.15) is 23.4 Å². The molecular weight excluding hydrogens is 640 g/mol. The van der Waals surface area contributed by atoms with E-state index in [-0.39, 0.29) is 27.8 Å². The summed E-state index contributed by atoms with van der Waals surface area (Å²) in [5.74, 6) is 0.557. The van der Waals surface area contributed by atoms with Gasteiger partial charge in [0.05, 0.1) is 12.0 Å². The third-order valence-electron chi connectivity index (χ3n) is 10.3. The summed E-state index contributed by atoms with van der Waals surface area (Å²) in [5.41, 5.74) is 0.308. The van der Waals surface area contributed by atoms with Crippen LogP contribution in [0.1, 0.15) is 65.5 Å². The molecule has 4 N–H and O–H groups in total. The lowest BCUT2D eigenvalue weighted by atomic mass is 9.53. The summed E-state index contributed by atoms with van der Waals surface area (Å²) in [6, 6.07) is 5.67. The fourth-order valence-corrected chi connectivity index (χ4v) is 10.7. The molecule has 6 fully saturated rings. The van der Waals surface area contributed by atoms with Crippen molar-refractivity contribution in [2.24, 2.45) is 17.8 Å². The summed E-state index contributed by atoms with van der Waals surface area (Å²) in [7, 11) is -3.94. The third kappa shape index (κ3) is 5.52. The summed E-state index contributed by atoms with van der Waals surface area (Å²) >= 11 is 0. The predicted molar refractivity (Wildman–Crippen MR) is 172 cm³/mol. The highest BCUT2D eigenvalue weighted by Crippen LogP contribution is 2.56. The molecule has 4 aliphatic carbocycles. The zero-order chi connectivity index (χ0) is 33.4. The fourth-order valence-electron chi connectivity index (χ4n) is 9.06. The van der Waals surface area contributed by atoms with Crippen LogP contribution in [-0.4, -0.2) is 76.1 Å². The summed E-state index contributed by atoms with van der Waals surface area (Å²) in [6.45, 7) is 5.79. The minimum absolute atomic E-state index is 0.00400. The van der Waals surface area contributed by atoms with Crippen molar-refractivity contribution in [3.63, 3.8) is 0 Å². The number of carbonyl (C=O) groups is 2. The number of likely N-dealkylation sites (N-methyl/N-ethyl adjacent to an activating group) is 1. The van der Waals surface area contributed by atoms with Gasteiger partial charge in [-0.1, -0.05) is 12.1 Å². The molecule has 6 aliphatic rings. The number of nitrogens with one attached hydrogen (secondary N) is 4. The van der Waals surface area contributed by atoms with Crippen LogP contribution in [0, 0.1) is 17.8 Å². The number of rotatable bonds is 8. The van der Waals surface area contributed by atoms with Gasteiger partial charge in [-0.3, -0.25) is 14.7 Å². The molecule has 2 unspecified atom stereocenters. The SMILES string of the molecule is CCNC(=O)[C@H]1O[C@@H](n2cnc3c(NC(=O)Nc4ccccc4S(=O)(=O)NC45CC6CC(CC(C6)C4)C5)ncnc32)C2OC(C)(C)OC21. The van der Waals surface area contributed by atoms with E-state index in [9.17, 15) is 18.0 Å². The Bertz CT molecular complexity index is 1850. The fraction of sp³-hybridized carbons (Fsp3) is 0.594. The van der Waals surface area contributed by atoms with Crippen molar-refractivity contribution in [2.75, 3.05) is 17.2 Å². The van der Waals surface area contributed by atoms with Crippen molar-refractivity contribution in [1.82, 2.24) is 29.6 Å². The summed E-state index contributed by atoms with van der Waals surface area (Å²) in [5, 5.41) is 8.17. The smallest absolute Gasteiger partial charge is 0.324 e. The Kier molecular flexibility index (Phi) is 7.52. The molecule has 0 radical (unpaired) electrons. The highest BCUT2D eigenvalue weighted by atomic mass is 32.2. The largest absolute Gasteiger partial charge is 0.354 e. The average Bonchev–Trinajstić information content (AvgIpc) is 3.67. The van der Waals surface area contributed by atoms with E-state index in [0.29, 0.717) is 29.9 Å². The van der Waals surface area contributed by atoms with Crippen molar-refractivity contribution in [3.8, 4) is 0 Å². The van der Waals surface area contributed by atoms with Gasteiger partial charge in [-0.2, -0.15) is 0 Å². The Morgan fingerprint density at radius 1 is 0.958 bits per heavy atom. The number of imidazole rings is 1. The van der Waals surface area contributed by atoms with E-state index in [2.05, 4.69) is 35.6 Å². The Morgan fingerprint density at radius 3 is 2.35 bits per heavy atom. The van der Waals surface area contributed by atoms with Crippen molar-refractivity contribution >= 4 is 44.6 Å². The Balaban J connectivity index is 1.01. The lowest BCUT2D eigenvalue weighted by Gasteiger charge is -2.56. The number of benzene rings is 1. The number of carbonyl (C=O) groups excluding carboxylic acids is 2. The van der Waals surface area contributed by atoms with Crippen LogP contribution in [0.5, 0.6) is 0 Å². The van der Waals surface area contributed by atoms with E-state index in [1.807, 2.05) is 6.92 Å². The maximum Gasteiger partial charge on any atom is 0.324 e. The zero-order valence-electron chi connectivity index (χ0n) is 27.0. The number of urea groups is 1. The summed E-state index contributed by atoms with van der Waals surface area (Å²) < 4.78 is 50.7. The second kappa shape index (κ2) is 11.4. The second-order valence-electron chi connectivity index (χ2n) is 14.3. The quantitative estimate of drug-likeness (QED) is 0.275. The number of amides is 3. The van der Waals surface area contributed by atoms with E-state index in [1.165, 1.54) is 38.0 Å². The summed E-state index contributed by atoms with van der Waals surface area (Å²) in [4.78, 5) is 39.2. The molecule has 15 nitrogen and oxygen atoms in total. The van der Waals surface area contributed by atoms with E-state index < -0.39 is 51.9 Å². The van der Waals surface area contributed by atoms with Gasteiger partial charge in [0.15, 0.2) is 35.1 Å². The number of nitrogens with zero attached hydrogens (tertiary/aromatic N) is 4. The first-order chi connectivity index (χ1) is 22.9. The molecule has 2 aromatic heterocycles. The topological polar surface area (TPSA) is 188 Å². The molecular formula is C32H40N8O7S. The van der Waals surface area contributed by atoms with Crippen LogP contribution in [0.15, 0.2) is 41.8 Å². The van der Waals surface area contributed by atoms with Crippen LogP contribution in [0.2, 0.25) is 0 Å². The molecule has 4 atom stereocenters. The van der Waals surface area contributed by atoms with Gasteiger partial charge in [-0.05, 0) is 89.2 Å². The van der Waals surface area contributed by atoms with Crippen molar-refractivity contribution in [2.45, 2.75) is 100 Å². The van der Waals surface area contributed by atoms with Crippen LogP contribution in [0.25, 0.3) is 11.2 Å². The number of para-hydroxylation sites is 1. The Hall–Kier alpha value is -3.70. The molecule has 16 heteroatoms. The predicted octanol–water partition coefficient (Wildman–Crippen LogP) is 3.27. The van der Waals surface area contributed by atoms with Crippen LogP contribution < -0.4 is 20.7 Å². The van der Waals surface area contributed by atoms with Gasteiger partial charge in [0.25, 0.3) is 5.91 Å². The molecule has 2 saturated heterocycles. The molecule has 48 heavy (non-hydrogen) atoms. The van der Waals surface area contributed by atoms with Crippen LogP contribution in [0.4, 0.5) is 16.3 Å². The van der Waals surface area contributed by atoms with Crippen LogP contribution >= 0.6 is 0 Å². The molecule has 2 aliphatic heterocycles. The molecule has 3 aromatic rings. The number of hydrogen-bond donors (Lipinski definition) is 4. The monoisotopic (exact) mass is 680 g/mol. The van der Waals surface area contributed by atoms with Gasteiger partial charge in [0.2, 0.25) is 10.0 Å². The van der Waals surface area contributed by atoms with Gasteiger partial charge < -0.3 is 24.8 Å². The summed E-state index contributed by atoms with van der Waals surface area (Å²) in [6.07, 6.45) is 5.91. The van der Waals surface area contributed by atoms with Crippen LogP contribution in [0.3, 0.4) is 0 Å². The Labute approximate surface area is 278 Å². The van der Waals surface area contributed by atoms with Gasteiger partial charge in [-0.25, -0.2) is 32.9 Å². The van der Waals surface area contributed by atoms with Crippen LogP contribution in [-0.2, 0) is 29.0 Å². The number of hydrogen-bond acceptors (Lipinski definition) is 10. The third-order valence-corrected chi connectivity index (χ3v) is 12.0. The first kappa shape index (κ1) is 31.6. The molecule has 256 valence electrons. The lowest BCUT2D eigenvalue weighted by molar-refractivity contribution is -0.197. The van der Waals surface area contributed by atoms with E-state index in [0.717, 1.165) is 19.3 Å². The van der Waals surface area contributed by atoms with Gasteiger partial charge in [-0.15, -0.1) is 0 Å². The van der Waals surface area contributed by atoms with Gasteiger partial charge >= 0.3 is 6.03 Å². The molecule has 9 rings (SSSR count). The Morgan fingerprint density at radius 2 is 1.65 bits per heavy atom. The molecule has 4 bridgehead atoms. The minimum atomic E-state index is -3.94. The first-order valence-corrected chi connectivity index (χ1v) is 18.1. The molecule has 3 amide bonds. The normalized spacial score (nSPS) is 33.1. The van der Waals surface area contributed by atoms with E-state index in [1.54, 1.807) is 36.6 Å². The zero-order valence-corrected chi connectivity index (χ0v) is 27.8. The standard InChI is InChI=1S/C32H40N8O7S/c1-4-33-28(41)24-23-25(47-31(2,3)46-23)29(45-24)40-16-36-22-26(34-15-35-27(22)40)38-30(42)37-20-7-5-6-8-21(20)48(43,44)39-32-12-17-9-18(13-32)11-19(10-17)14-32/h5-8,15-19,23-25,29,39H,4,9-14H2,1-3H3,(H,33,41)(H2,34,35,37,38,42)/t17?,18?,19?,23?,24-,25?,29+,32?/m0/s1. The van der Waals surface area contributed by atoms with Crippen molar-refractivity contribution in [3.05, 3.63) is 36.9 Å². The maximum absolute atomic E-state index is 13.8. The average molecular weight is 681 g/mol. The number of aromatic nitrogens is 4. The molecule has 0 spiro atoms. The number of anilines is 2. The first-order valence-electron chi connectivity index (χ1n) is 16.6. The van der Waals surface area contributed by atoms with E-state index >= 15 is 0 Å². The van der Waals surface area contributed by atoms with Crippen molar-refractivity contribution < 1.29 is 32.2 Å². The minimum Gasteiger partial charge on any atom is -0.354 e. The molecule has 4 saturated carbocycles. The number of sulfonamides is 1. The lowest BCUT2D eigenvalue weighted by Crippen LogP contribution is -2.59. The second-order valence-corrected chi connectivity index (χ2v) is 16.0. The number of ether oxygens (including phenoxy) is 3.